The van der Waals surface area contributed by atoms with Crippen molar-refractivity contribution in [3.8, 4) is 11.5 Å². The predicted molar refractivity (Wildman–Crippen MR) is 104 cm³/mol. The van der Waals surface area contributed by atoms with Gasteiger partial charge in [0.25, 0.3) is 5.91 Å². The summed E-state index contributed by atoms with van der Waals surface area (Å²) in [6, 6.07) is 12.7. The summed E-state index contributed by atoms with van der Waals surface area (Å²) >= 11 is 0. The number of nitrogens with zero attached hydrogens (tertiary/aromatic N) is 2. The fraction of sp³-hybridized carbons (Fsp3) is 0.150. The number of carbonyl (C=O) groups excluding carboxylic acids is 1. The van der Waals surface area contributed by atoms with E-state index in [0.29, 0.717) is 28.8 Å². The number of hydrogen-bond acceptors (Lipinski definition) is 6. The smallest absolute Gasteiger partial charge is 0.274 e. The number of aryl methyl sites for hydroxylation is 1. The molecule has 0 unspecified atom stereocenters. The largest absolute Gasteiger partial charge is 0.497 e. The number of rotatable bonds is 6. The molecule has 0 saturated carbocycles. The van der Waals surface area contributed by atoms with Crippen LogP contribution in [0.4, 0.5) is 21.6 Å². The minimum Gasteiger partial charge on any atom is -0.497 e. The van der Waals surface area contributed by atoms with Crippen LogP contribution in [-0.2, 0) is 0 Å². The van der Waals surface area contributed by atoms with Gasteiger partial charge in [0, 0.05) is 12.1 Å². The van der Waals surface area contributed by atoms with Gasteiger partial charge in [-0.3, -0.25) is 4.79 Å². The fourth-order valence-corrected chi connectivity index (χ4v) is 2.55. The Morgan fingerprint density at radius 2 is 1.79 bits per heavy atom. The molecule has 1 aromatic heterocycles. The van der Waals surface area contributed by atoms with Crippen molar-refractivity contribution in [2.24, 2.45) is 0 Å². The van der Waals surface area contributed by atoms with Gasteiger partial charge in [0.2, 0.25) is 0 Å². The molecular formula is C20H19FN4O3. The summed E-state index contributed by atoms with van der Waals surface area (Å²) in [6.45, 7) is 1.65. The number of ether oxygens (including phenoxy) is 2. The molecule has 0 saturated heterocycles. The van der Waals surface area contributed by atoms with Gasteiger partial charge >= 0.3 is 0 Å². The number of aromatic nitrogens is 2. The number of hydrogen-bond donors (Lipinski definition) is 2. The van der Waals surface area contributed by atoms with Crippen molar-refractivity contribution in [2.45, 2.75) is 6.92 Å². The third-order valence-corrected chi connectivity index (χ3v) is 3.86. The molecule has 1 heterocycles. The van der Waals surface area contributed by atoms with E-state index in [4.69, 9.17) is 9.47 Å². The molecule has 8 heteroatoms. The Morgan fingerprint density at radius 3 is 2.50 bits per heavy atom. The lowest BCUT2D eigenvalue weighted by Crippen LogP contribution is -2.16. The maximum Gasteiger partial charge on any atom is 0.274 e. The van der Waals surface area contributed by atoms with E-state index >= 15 is 0 Å². The molecule has 0 aliphatic rings. The Morgan fingerprint density at radius 1 is 1.00 bits per heavy atom. The maximum absolute atomic E-state index is 13.9. The topological polar surface area (TPSA) is 85.4 Å². The van der Waals surface area contributed by atoms with Gasteiger partial charge in [0.1, 0.15) is 34.7 Å². The molecule has 28 heavy (non-hydrogen) atoms. The molecule has 7 nitrogen and oxygen atoms in total. The summed E-state index contributed by atoms with van der Waals surface area (Å²) in [5, 5.41) is 5.61. The number of anilines is 3. The van der Waals surface area contributed by atoms with E-state index in [1.807, 2.05) is 0 Å². The van der Waals surface area contributed by atoms with Crippen LogP contribution in [0.5, 0.6) is 11.5 Å². The van der Waals surface area contributed by atoms with Crippen LogP contribution in [-0.4, -0.2) is 30.1 Å². The molecule has 0 aliphatic carbocycles. The molecule has 3 rings (SSSR count). The Labute approximate surface area is 161 Å². The third kappa shape index (κ3) is 4.35. The van der Waals surface area contributed by atoms with Crippen LogP contribution >= 0.6 is 0 Å². The van der Waals surface area contributed by atoms with Gasteiger partial charge in [0.15, 0.2) is 0 Å². The van der Waals surface area contributed by atoms with E-state index in [2.05, 4.69) is 20.6 Å². The Kier molecular flexibility index (Phi) is 5.69. The lowest BCUT2D eigenvalue weighted by atomic mass is 10.2. The highest BCUT2D eigenvalue weighted by atomic mass is 19.1. The van der Waals surface area contributed by atoms with Crippen LogP contribution < -0.4 is 20.1 Å². The number of methoxy groups -OCH3 is 2. The average Bonchev–Trinajstić information content (AvgIpc) is 2.69. The van der Waals surface area contributed by atoms with Crippen LogP contribution in [0.1, 0.15) is 16.3 Å². The fourth-order valence-electron chi connectivity index (χ4n) is 2.55. The van der Waals surface area contributed by atoms with Gasteiger partial charge in [-0.1, -0.05) is 12.1 Å². The van der Waals surface area contributed by atoms with Crippen LogP contribution in [0.25, 0.3) is 0 Å². The Balaban J connectivity index is 1.87. The SMILES string of the molecule is COc1ccc(OC)c(NC(=O)c2cc(Nc3ccccc3F)nc(C)n2)c1. The van der Waals surface area contributed by atoms with Crippen molar-refractivity contribution in [3.05, 3.63) is 65.9 Å². The van der Waals surface area contributed by atoms with Crippen molar-refractivity contribution in [1.82, 2.24) is 9.97 Å². The molecule has 2 N–H and O–H groups in total. The van der Waals surface area contributed by atoms with Crippen LogP contribution in [0, 0.1) is 12.7 Å². The average molecular weight is 382 g/mol. The summed E-state index contributed by atoms with van der Waals surface area (Å²) < 4.78 is 24.3. The zero-order valence-corrected chi connectivity index (χ0v) is 15.6. The van der Waals surface area contributed by atoms with E-state index in [1.165, 1.54) is 26.4 Å². The van der Waals surface area contributed by atoms with Crippen LogP contribution in [0.15, 0.2) is 48.5 Å². The molecule has 0 atom stereocenters. The number of para-hydroxylation sites is 1. The monoisotopic (exact) mass is 382 g/mol. The predicted octanol–water partition coefficient (Wildman–Crippen LogP) is 3.94. The van der Waals surface area contributed by atoms with E-state index in [-0.39, 0.29) is 11.4 Å². The number of benzene rings is 2. The second-order valence-electron chi connectivity index (χ2n) is 5.81. The highest BCUT2D eigenvalue weighted by Crippen LogP contribution is 2.29. The summed E-state index contributed by atoms with van der Waals surface area (Å²) in [7, 11) is 3.03. The normalized spacial score (nSPS) is 10.3. The molecule has 0 aliphatic heterocycles. The zero-order chi connectivity index (χ0) is 20.1. The van der Waals surface area contributed by atoms with Gasteiger partial charge in [-0.15, -0.1) is 0 Å². The van der Waals surface area contributed by atoms with Gasteiger partial charge in [-0.05, 0) is 31.2 Å². The molecule has 0 fully saturated rings. The van der Waals surface area contributed by atoms with Gasteiger partial charge in [-0.2, -0.15) is 0 Å². The minimum absolute atomic E-state index is 0.121. The van der Waals surface area contributed by atoms with E-state index in [0.717, 1.165) is 0 Å². The first-order chi connectivity index (χ1) is 13.5. The van der Waals surface area contributed by atoms with Crippen molar-refractivity contribution < 1.29 is 18.7 Å². The number of nitrogens with one attached hydrogen (secondary N) is 2. The first kappa shape index (κ1) is 19.1. The second-order valence-corrected chi connectivity index (χ2v) is 5.81. The number of amides is 1. The van der Waals surface area contributed by atoms with E-state index in [1.54, 1.807) is 43.3 Å². The first-order valence-electron chi connectivity index (χ1n) is 8.41. The molecule has 144 valence electrons. The van der Waals surface area contributed by atoms with Crippen molar-refractivity contribution in [2.75, 3.05) is 24.9 Å². The lowest BCUT2D eigenvalue weighted by Gasteiger charge is -2.12. The van der Waals surface area contributed by atoms with Gasteiger partial charge in [-0.25, -0.2) is 14.4 Å². The zero-order valence-electron chi connectivity index (χ0n) is 15.6. The molecule has 1 amide bonds. The second kappa shape index (κ2) is 8.34. The Bertz CT molecular complexity index is 1010. The van der Waals surface area contributed by atoms with Crippen molar-refractivity contribution in [3.63, 3.8) is 0 Å². The molecular weight excluding hydrogens is 363 g/mol. The summed E-state index contributed by atoms with van der Waals surface area (Å²) in [4.78, 5) is 21.1. The highest BCUT2D eigenvalue weighted by molar-refractivity contribution is 6.04. The lowest BCUT2D eigenvalue weighted by molar-refractivity contribution is 0.102. The van der Waals surface area contributed by atoms with Crippen LogP contribution in [0.3, 0.4) is 0 Å². The quantitative estimate of drug-likeness (QED) is 0.672. The van der Waals surface area contributed by atoms with Crippen molar-refractivity contribution in [1.29, 1.82) is 0 Å². The minimum atomic E-state index is -0.464. The molecule has 2 aromatic carbocycles. The van der Waals surface area contributed by atoms with Crippen molar-refractivity contribution >= 4 is 23.1 Å². The summed E-state index contributed by atoms with van der Waals surface area (Å²) in [5.41, 5.74) is 0.810. The van der Waals surface area contributed by atoms with Gasteiger partial charge < -0.3 is 20.1 Å². The summed E-state index contributed by atoms with van der Waals surface area (Å²) in [5.74, 6) is 0.825. The molecule has 0 bridgehead atoms. The van der Waals surface area contributed by atoms with E-state index in [9.17, 15) is 9.18 Å². The Hall–Kier alpha value is -3.68. The standard InChI is InChI=1S/C20H19FN4O3/c1-12-22-17(11-19(23-12)24-15-7-5-4-6-14(15)21)20(26)25-16-10-13(27-2)8-9-18(16)28-3/h4-11H,1-3H3,(H,25,26)(H,22,23,24). The van der Waals surface area contributed by atoms with E-state index < -0.39 is 11.7 Å². The maximum atomic E-state index is 13.9. The third-order valence-electron chi connectivity index (χ3n) is 3.86. The highest BCUT2D eigenvalue weighted by Gasteiger charge is 2.15. The van der Waals surface area contributed by atoms with Crippen LogP contribution in [0.2, 0.25) is 0 Å². The number of halogens is 1. The first-order valence-corrected chi connectivity index (χ1v) is 8.41. The molecule has 0 spiro atoms. The number of carbonyl (C=O) groups is 1. The van der Waals surface area contributed by atoms with Gasteiger partial charge in [0.05, 0.1) is 25.6 Å². The molecule has 3 aromatic rings. The summed E-state index contributed by atoms with van der Waals surface area (Å²) in [6.07, 6.45) is 0. The molecule has 0 radical (unpaired) electrons.